The van der Waals surface area contributed by atoms with E-state index in [1.807, 2.05) is 0 Å². The molecule has 11 heteroatoms. The second-order valence-corrected chi connectivity index (χ2v) is 6.65. The predicted octanol–water partition coefficient (Wildman–Crippen LogP) is 3.86. The first kappa shape index (κ1) is 24.1. The summed E-state index contributed by atoms with van der Waals surface area (Å²) in [5.41, 5.74) is 2.05. The number of esters is 1. The smallest absolute Gasteiger partial charge is 0.360 e. The van der Waals surface area contributed by atoms with Gasteiger partial charge in [0.2, 0.25) is 0 Å². The summed E-state index contributed by atoms with van der Waals surface area (Å²) in [6.07, 6.45) is 1.55. The molecular formula is C20H20Cl2N4O5. The van der Waals surface area contributed by atoms with Gasteiger partial charge in [-0.1, -0.05) is 38.7 Å². The van der Waals surface area contributed by atoms with Crippen LogP contribution in [0.4, 0.5) is 0 Å². The molecule has 0 bridgehead atoms. The maximum absolute atomic E-state index is 12.0. The molecular weight excluding hydrogens is 447 g/mol. The largest absolute Gasteiger partial charge is 0.464 e. The van der Waals surface area contributed by atoms with Crippen LogP contribution in [0.1, 0.15) is 23.7 Å². The zero-order valence-corrected chi connectivity index (χ0v) is 18.8. The number of halogens is 2. The number of pyridine rings is 1. The van der Waals surface area contributed by atoms with E-state index in [9.17, 15) is 4.79 Å². The number of nitrogens with zero attached hydrogens (tertiary/aromatic N) is 4. The maximum atomic E-state index is 12.0. The Balaban J connectivity index is 2.28. The van der Waals surface area contributed by atoms with Gasteiger partial charge in [-0.25, -0.2) is 4.79 Å². The molecule has 0 radical (unpaired) electrons. The van der Waals surface area contributed by atoms with Crippen LogP contribution in [0.2, 0.25) is 10.0 Å². The number of hydrogen-bond donors (Lipinski definition) is 0. The number of hydrogen-bond acceptors (Lipinski definition) is 9. The van der Waals surface area contributed by atoms with Crippen LogP contribution in [0, 0.1) is 0 Å². The quantitative estimate of drug-likeness (QED) is 0.315. The van der Waals surface area contributed by atoms with Crippen LogP contribution in [0.3, 0.4) is 0 Å². The third kappa shape index (κ3) is 6.40. The summed E-state index contributed by atoms with van der Waals surface area (Å²) in [5, 5.41) is 12.6. The molecule has 0 spiro atoms. The normalized spacial score (nSPS) is 12.4. The molecule has 1 aromatic heterocycles. The van der Waals surface area contributed by atoms with Gasteiger partial charge >= 0.3 is 5.97 Å². The second kappa shape index (κ2) is 11.9. The van der Waals surface area contributed by atoms with E-state index in [-0.39, 0.29) is 12.3 Å². The molecule has 0 unspecified atom stereocenters. The zero-order valence-electron chi connectivity index (χ0n) is 17.3. The molecule has 0 N–H and O–H groups in total. The Bertz CT molecular complexity index is 1020. The molecule has 9 nitrogen and oxygen atoms in total. The van der Waals surface area contributed by atoms with E-state index < -0.39 is 5.97 Å². The van der Waals surface area contributed by atoms with Crippen molar-refractivity contribution in [2.24, 2.45) is 15.5 Å². The highest BCUT2D eigenvalue weighted by atomic mass is 35.5. The number of ether oxygens (including phenoxy) is 1. The lowest BCUT2D eigenvalue weighted by Gasteiger charge is -2.10. The van der Waals surface area contributed by atoms with Gasteiger partial charge < -0.3 is 19.2 Å². The van der Waals surface area contributed by atoms with Crippen molar-refractivity contribution >= 4 is 46.3 Å². The summed E-state index contributed by atoms with van der Waals surface area (Å²) in [7, 11) is 3.97. The van der Waals surface area contributed by atoms with E-state index >= 15 is 0 Å². The molecule has 0 aliphatic carbocycles. The average molecular weight is 467 g/mol. The van der Waals surface area contributed by atoms with Crippen molar-refractivity contribution in [1.82, 2.24) is 4.98 Å². The second-order valence-electron chi connectivity index (χ2n) is 5.81. The highest BCUT2D eigenvalue weighted by Gasteiger charge is 2.20. The summed E-state index contributed by atoms with van der Waals surface area (Å²) < 4.78 is 4.75. The van der Waals surface area contributed by atoms with Gasteiger partial charge in [0.05, 0.1) is 17.8 Å². The zero-order chi connectivity index (χ0) is 22.8. The van der Waals surface area contributed by atoms with Crippen LogP contribution >= 0.6 is 23.2 Å². The fourth-order valence-electron chi connectivity index (χ4n) is 2.47. The molecule has 0 aliphatic heterocycles. The summed E-state index contributed by atoms with van der Waals surface area (Å²) >= 11 is 12.2. The number of aromatic nitrogens is 1. The number of rotatable bonds is 9. The van der Waals surface area contributed by atoms with E-state index in [1.165, 1.54) is 21.3 Å². The van der Waals surface area contributed by atoms with Crippen LogP contribution < -0.4 is 0 Å². The summed E-state index contributed by atoms with van der Waals surface area (Å²) in [6.45, 7) is 1.61. The minimum atomic E-state index is -0.678. The van der Waals surface area contributed by atoms with Crippen molar-refractivity contribution in [1.29, 1.82) is 0 Å². The highest BCUT2D eigenvalue weighted by Crippen LogP contribution is 2.22. The molecule has 164 valence electrons. The predicted molar refractivity (Wildman–Crippen MR) is 118 cm³/mol. The van der Waals surface area contributed by atoms with Gasteiger partial charge in [-0.2, -0.15) is 0 Å². The maximum Gasteiger partial charge on any atom is 0.360 e. The number of oxime groups is 3. The van der Waals surface area contributed by atoms with E-state index in [0.29, 0.717) is 38.3 Å². The molecule has 0 saturated heterocycles. The van der Waals surface area contributed by atoms with E-state index in [0.717, 1.165) is 0 Å². The monoisotopic (exact) mass is 466 g/mol. The summed E-state index contributed by atoms with van der Waals surface area (Å²) in [4.78, 5) is 31.4. The van der Waals surface area contributed by atoms with Gasteiger partial charge in [0.15, 0.2) is 12.3 Å². The van der Waals surface area contributed by atoms with Crippen molar-refractivity contribution in [2.75, 3.05) is 21.3 Å². The number of carbonyl (C=O) groups excluding carboxylic acids is 1. The standard InChI is InChI=1S/C20H20Cl2N4O5/c1-12(18(25-29-3)14-8-7-13(21)10-16(14)22)24-31-11-17-15(6-5-9-23-17)19(26-30-4)20(27)28-2/h5-10H,11H2,1-4H3/b24-12+,25-18-,26-19+. The Morgan fingerprint density at radius 1 is 1.00 bits per heavy atom. The molecule has 2 rings (SSSR count). The summed E-state index contributed by atoms with van der Waals surface area (Å²) in [5.74, 6) is -0.678. The molecule has 0 amide bonds. The van der Waals surface area contributed by atoms with E-state index in [4.69, 9.17) is 42.5 Å². The van der Waals surface area contributed by atoms with E-state index in [1.54, 1.807) is 43.5 Å². The Kier molecular flexibility index (Phi) is 9.23. The van der Waals surface area contributed by atoms with E-state index in [2.05, 4.69) is 20.5 Å². The third-order valence-electron chi connectivity index (χ3n) is 3.82. The molecule has 0 fully saturated rings. The molecule has 1 heterocycles. The first-order chi connectivity index (χ1) is 14.9. The fourth-order valence-corrected chi connectivity index (χ4v) is 2.97. The first-order valence-corrected chi connectivity index (χ1v) is 9.55. The van der Waals surface area contributed by atoms with Crippen LogP contribution in [0.5, 0.6) is 0 Å². The van der Waals surface area contributed by atoms with Gasteiger partial charge in [-0.3, -0.25) is 4.98 Å². The van der Waals surface area contributed by atoms with Crippen LogP contribution in [0.15, 0.2) is 52.0 Å². The third-order valence-corrected chi connectivity index (χ3v) is 4.37. The van der Waals surface area contributed by atoms with Crippen LogP contribution in [0.25, 0.3) is 0 Å². The fraction of sp³-hybridized carbons (Fsp3) is 0.250. The molecule has 0 atom stereocenters. The first-order valence-electron chi connectivity index (χ1n) is 8.80. The molecule has 0 saturated carbocycles. The number of benzene rings is 1. The Labute approximate surface area is 189 Å². The molecule has 31 heavy (non-hydrogen) atoms. The lowest BCUT2D eigenvalue weighted by molar-refractivity contribution is -0.132. The Morgan fingerprint density at radius 3 is 2.35 bits per heavy atom. The highest BCUT2D eigenvalue weighted by molar-refractivity contribution is 6.50. The lowest BCUT2D eigenvalue weighted by Crippen LogP contribution is -2.20. The van der Waals surface area contributed by atoms with Crippen molar-refractivity contribution in [2.45, 2.75) is 13.5 Å². The van der Waals surface area contributed by atoms with Crippen LogP contribution in [-0.4, -0.2) is 49.4 Å². The minimum absolute atomic E-state index is 0.0491. The van der Waals surface area contributed by atoms with Gasteiger partial charge in [0.1, 0.15) is 25.6 Å². The lowest BCUT2D eigenvalue weighted by atomic mass is 10.1. The molecule has 1 aromatic carbocycles. The minimum Gasteiger partial charge on any atom is -0.464 e. The Morgan fingerprint density at radius 2 is 1.71 bits per heavy atom. The average Bonchev–Trinajstić information content (AvgIpc) is 2.76. The van der Waals surface area contributed by atoms with Gasteiger partial charge in [-0.15, -0.1) is 0 Å². The van der Waals surface area contributed by atoms with Gasteiger partial charge in [0, 0.05) is 22.3 Å². The topological polar surface area (TPSA) is 104 Å². The molecule has 2 aromatic rings. The van der Waals surface area contributed by atoms with Gasteiger partial charge in [-0.05, 0) is 37.3 Å². The van der Waals surface area contributed by atoms with Gasteiger partial charge in [0.25, 0.3) is 0 Å². The Hall–Kier alpha value is -3.17. The molecule has 0 aliphatic rings. The summed E-state index contributed by atoms with van der Waals surface area (Å²) in [6, 6.07) is 8.24. The van der Waals surface area contributed by atoms with Crippen molar-refractivity contribution in [3.8, 4) is 0 Å². The van der Waals surface area contributed by atoms with Crippen molar-refractivity contribution in [3.63, 3.8) is 0 Å². The number of carbonyl (C=O) groups is 1. The van der Waals surface area contributed by atoms with Crippen molar-refractivity contribution < 1.29 is 24.0 Å². The van der Waals surface area contributed by atoms with Crippen molar-refractivity contribution in [3.05, 3.63) is 63.4 Å². The number of methoxy groups -OCH3 is 1. The van der Waals surface area contributed by atoms with Crippen LogP contribution in [-0.2, 0) is 30.7 Å². The SMILES string of the molecule is CO/N=C(/C(C)=N/OCc1ncccc1/C(=N\OC)C(=O)OC)c1ccc(Cl)cc1Cl.